The number of anilines is 3. The molecule has 1 amide bonds. The van der Waals surface area contributed by atoms with Crippen LogP contribution in [-0.4, -0.2) is 54.6 Å². The first-order chi connectivity index (χ1) is 15.8. The van der Waals surface area contributed by atoms with E-state index in [0.29, 0.717) is 33.7 Å². The Morgan fingerprint density at radius 2 is 2.12 bits per heavy atom. The molecule has 1 fully saturated rings. The maximum absolute atomic E-state index is 13.2. The quantitative estimate of drug-likeness (QED) is 0.529. The summed E-state index contributed by atoms with van der Waals surface area (Å²) >= 11 is 1.56. The Morgan fingerprint density at radius 3 is 2.79 bits per heavy atom. The molecule has 1 saturated carbocycles. The highest BCUT2D eigenvalue weighted by Gasteiger charge is 2.27. The van der Waals surface area contributed by atoms with E-state index in [4.69, 9.17) is 0 Å². The number of pyridine rings is 1. The van der Waals surface area contributed by atoms with Crippen LogP contribution in [0.5, 0.6) is 0 Å². The minimum Gasteiger partial charge on any atom is -0.373 e. The highest BCUT2D eigenvalue weighted by atomic mass is 32.2. The SMILES string of the molecule is CNc1cc(Nc2cccn(C3=NC(C)(C)CS3)c2=O)nc2c(C(=O)NC3CCC3)cnn12. The number of hydrogen-bond donors (Lipinski definition) is 3. The molecule has 0 bridgehead atoms. The lowest BCUT2D eigenvalue weighted by Gasteiger charge is -2.26. The van der Waals surface area contributed by atoms with Crippen molar-refractivity contribution >= 4 is 45.8 Å². The van der Waals surface area contributed by atoms with E-state index in [9.17, 15) is 9.59 Å². The van der Waals surface area contributed by atoms with Crippen molar-refractivity contribution in [2.45, 2.75) is 44.7 Å². The number of amides is 1. The first-order valence-corrected chi connectivity index (χ1v) is 11.9. The van der Waals surface area contributed by atoms with E-state index in [0.717, 1.165) is 25.0 Å². The van der Waals surface area contributed by atoms with Crippen LogP contribution in [0.1, 0.15) is 43.5 Å². The molecule has 33 heavy (non-hydrogen) atoms. The van der Waals surface area contributed by atoms with Gasteiger partial charge in [0.05, 0.1) is 11.7 Å². The largest absolute Gasteiger partial charge is 0.373 e. The summed E-state index contributed by atoms with van der Waals surface area (Å²) in [5.74, 6) is 1.70. The van der Waals surface area contributed by atoms with Gasteiger partial charge < -0.3 is 16.0 Å². The van der Waals surface area contributed by atoms with E-state index in [-0.39, 0.29) is 23.0 Å². The Kier molecular flexibility index (Phi) is 5.35. The van der Waals surface area contributed by atoms with Crippen molar-refractivity contribution in [2.24, 2.45) is 4.99 Å². The Morgan fingerprint density at radius 1 is 1.30 bits per heavy atom. The van der Waals surface area contributed by atoms with Crippen molar-refractivity contribution in [1.82, 2.24) is 24.5 Å². The predicted molar refractivity (Wildman–Crippen MR) is 131 cm³/mol. The Bertz CT molecular complexity index is 1320. The topological polar surface area (TPSA) is 118 Å². The lowest BCUT2D eigenvalue weighted by atomic mass is 9.93. The number of aromatic nitrogens is 4. The number of carbonyl (C=O) groups excluding carboxylic acids is 1. The molecule has 2 aliphatic rings. The highest BCUT2D eigenvalue weighted by molar-refractivity contribution is 8.14. The third-order valence-corrected chi connectivity index (χ3v) is 7.18. The molecule has 5 rings (SSSR count). The molecule has 0 spiro atoms. The van der Waals surface area contributed by atoms with Crippen molar-refractivity contribution in [2.75, 3.05) is 23.4 Å². The van der Waals surface area contributed by atoms with Crippen molar-refractivity contribution in [3.63, 3.8) is 0 Å². The van der Waals surface area contributed by atoms with Gasteiger partial charge in [0.1, 0.15) is 22.9 Å². The maximum Gasteiger partial charge on any atom is 0.280 e. The summed E-state index contributed by atoms with van der Waals surface area (Å²) in [7, 11) is 1.76. The van der Waals surface area contributed by atoms with Gasteiger partial charge in [-0.05, 0) is 45.2 Å². The fourth-order valence-electron chi connectivity index (χ4n) is 3.75. The van der Waals surface area contributed by atoms with Gasteiger partial charge in [-0.3, -0.25) is 19.1 Å². The van der Waals surface area contributed by atoms with Crippen LogP contribution in [0.4, 0.5) is 17.3 Å². The molecule has 11 heteroatoms. The second-order valence-electron chi connectivity index (χ2n) is 8.89. The van der Waals surface area contributed by atoms with Crippen LogP contribution >= 0.6 is 11.8 Å². The number of fused-ring (bicyclic) bond motifs is 1. The van der Waals surface area contributed by atoms with Gasteiger partial charge in [-0.15, -0.1) is 0 Å². The van der Waals surface area contributed by atoms with Crippen molar-refractivity contribution in [3.05, 3.63) is 46.5 Å². The van der Waals surface area contributed by atoms with Crippen molar-refractivity contribution < 1.29 is 4.79 Å². The summed E-state index contributed by atoms with van der Waals surface area (Å²) in [4.78, 5) is 35.2. The summed E-state index contributed by atoms with van der Waals surface area (Å²) in [6.45, 7) is 4.09. The van der Waals surface area contributed by atoms with Gasteiger partial charge in [0.25, 0.3) is 11.5 Å². The van der Waals surface area contributed by atoms with E-state index >= 15 is 0 Å². The summed E-state index contributed by atoms with van der Waals surface area (Å²) in [5, 5.41) is 14.2. The monoisotopic (exact) mass is 466 g/mol. The highest BCUT2D eigenvalue weighted by Crippen LogP contribution is 2.27. The molecule has 0 radical (unpaired) electrons. The van der Waals surface area contributed by atoms with E-state index in [2.05, 4.69) is 31.0 Å². The zero-order valence-corrected chi connectivity index (χ0v) is 19.6. The summed E-state index contributed by atoms with van der Waals surface area (Å²) < 4.78 is 3.13. The summed E-state index contributed by atoms with van der Waals surface area (Å²) in [6, 6.07) is 5.46. The summed E-state index contributed by atoms with van der Waals surface area (Å²) in [6.07, 6.45) is 6.36. The number of carbonyl (C=O) groups is 1. The van der Waals surface area contributed by atoms with E-state index in [1.54, 1.807) is 52.3 Å². The molecule has 3 aromatic rings. The van der Waals surface area contributed by atoms with Crippen LogP contribution in [0.15, 0.2) is 40.4 Å². The van der Waals surface area contributed by atoms with Crippen LogP contribution in [0.2, 0.25) is 0 Å². The van der Waals surface area contributed by atoms with Gasteiger partial charge in [0.2, 0.25) is 0 Å². The van der Waals surface area contributed by atoms with E-state index in [1.165, 1.54) is 6.20 Å². The molecule has 1 aliphatic carbocycles. The fraction of sp³-hybridized carbons (Fsp3) is 0.409. The molecular formula is C22H26N8O2S. The Labute approximate surface area is 194 Å². The second kappa shape index (κ2) is 8.22. The molecule has 10 nitrogen and oxygen atoms in total. The van der Waals surface area contributed by atoms with Gasteiger partial charge in [-0.25, -0.2) is 4.98 Å². The molecule has 1 aliphatic heterocycles. The molecule has 0 saturated heterocycles. The fourth-order valence-corrected chi connectivity index (χ4v) is 4.89. The lowest BCUT2D eigenvalue weighted by molar-refractivity contribution is 0.0918. The molecule has 3 aromatic heterocycles. The number of hydrogen-bond acceptors (Lipinski definition) is 8. The van der Waals surface area contributed by atoms with Crippen LogP contribution in [0.25, 0.3) is 5.65 Å². The third kappa shape index (κ3) is 4.08. The lowest BCUT2D eigenvalue weighted by Crippen LogP contribution is -2.39. The Balaban J connectivity index is 1.49. The Hall–Kier alpha value is -3.34. The number of thioether (sulfide) groups is 1. The van der Waals surface area contributed by atoms with Gasteiger partial charge in [-0.1, -0.05) is 11.8 Å². The van der Waals surface area contributed by atoms with Crippen molar-refractivity contribution in [3.8, 4) is 0 Å². The normalized spacial score (nSPS) is 17.5. The average molecular weight is 467 g/mol. The predicted octanol–water partition coefficient (Wildman–Crippen LogP) is 2.69. The zero-order valence-electron chi connectivity index (χ0n) is 18.8. The molecule has 0 aromatic carbocycles. The van der Waals surface area contributed by atoms with Crippen LogP contribution < -0.4 is 21.5 Å². The van der Waals surface area contributed by atoms with E-state index < -0.39 is 0 Å². The van der Waals surface area contributed by atoms with Gasteiger partial charge >= 0.3 is 0 Å². The summed E-state index contributed by atoms with van der Waals surface area (Å²) in [5.41, 5.74) is 0.756. The molecule has 0 atom stereocenters. The standard InChI is InChI=1S/C22H26N8O2S/c1-22(2)12-33-21(28-22)29-9-5-8-15(20(29)32)26-16-10-17(23-3)30-18(27-16)14(11-24-30)19(31)25-13-6-4-7-13/h5,8-11,13,23H,4,6-7,12H2,1-3H3,(H,25,31)(H,26,27). The smallest absolute Gasteiger partial charge is 0.280 e. The minimum atomic E-state index is -0.217. The molecular weight excluding hydrogens is 440 g/mol. The first-order valence-electron chi connectivity index (χ1n) is 10.9. The maximum atomic E-state index is 13.2. The van der Waals surface area contributed by atoms with Gasteiger partial charge in [0.15, 0.2) is 10.8 Å². The number of nitrogens with one attached hydrogen (secondary N) is 3. The number of rotatable bonds is 5. The second-order valence-corrected chi connectivity index (χ2v) is 9.83. The van der Waals surface area contributed by atoms with Gasteiger partial charge in [0, 0.05) is 31.1 Å². The molecule has 0 unspecified atom stereocenters. The minimum absolute atomic E-state index is 0.192. The molecule has 4 heterocycles. The zero-order chi connectivity index (χ0) is 23.2. The molecule has 3 N–H and O–H groups in total. The first kappa shape index (κ1) is 21.5. The number of nitrogens with zero attached hydrogens (tertiary/aromatic N) is 5. The van der Waals surface area contributed by atoms with Crippen molar-refractivity contribution in [1.29, 1.82) is 0 Å². The van der Waals surface area contributed by atoms with Crippen LogP contribution in [0.3, 0.4) is 0 Å². The molecule has 172 valence electrons. The van der Waals surface area contributed by atoms with E-state index in [1.807, 2.05) is 13.8 Å². The average Bonchev–Trinajstić information content (AvgIpc) is 3.34. The third-order valence-electron chi connectivity index (χ3n) is 5.78. The van der Waals surface area contributed by atoms with Crippen LogP contribution in [0, 0.1) is 0 Å². The number of aliphatic imine (C=N–C) groups is 1. The van der Waals surface area contributed by atoms with Crippen LogP contribution in [-0.2, 0) is 0 Å². The van der Waals surface area contributed by atoms with Gasteiger partial charge in [-0.2, -0.15) is 9.61 Å².